The smallest absolute Gasteiger partial charge is 0.191 e. The number of guanidine groups is 1. The number of nitrogens with one attached hydrogen (secondary N) is 2. The topological polar surface area (TPSA) is 79.8 Å². The predicted molar refractivity (Wildman–Crippen MR) is 106 cm³/mol. The van der Waals surface area contributed by atoms with Crippen molar-refractivity contribution >= 4 is 27.6 Å². The molecule has 0 fully saturated rings. The molecule has 1 atom stereocenters. The van der Waals surface area contributed by atoms with Gasteiger partial charge in [0.05, 0.1) is 25.5 Å². The minimum absolute atomic E-state index is 0.0510. The number of nitrogens with zero attached hydrogens (tertiary/aromatic N) is 1. The molecule has 0 amide bonds. The summed E-state index contributed by atoms with van der Waals surface area (Å²) in [5.74, 6) is 0.796. The molecular weight excluding hydrogens is 358 g/mol. The second-order valence-electron chi connectivity index (χ2n) is 5.63. The standard InChI is InChI=1S/C17H29N3O3S2/c1-4-18-17(19-10-11-23-12-13-25(3,21)22)20-14-15(2)24-16-8-6-5-7-9-16/h5-9,15H,4,10-14H2,1-3H3,(H2,18,19,20). The van der Waals surface area contributed by atoms with E-state index in [1.54, 1.807) is 11.8 Å². The Bertz CT molecular complexity index is 607. The SMILES string of the molecule is CCNC(=NCC(C)Sc1ccccc1)NCCOCCS(C)(=O)=O. The number of rotatable bonds is 11. The number of benzene rings is 1. The third kappa shape index (κ3) is 11.9. The minimum atomic E-state index is -2.96. The highest BCUT2D eigenvalue weighted by Crippen LogP contribution is 2.22. The van der Waals surface area contributed by atoms with Gasteiger partial charge in [0, 0.05) is 29.5 Å². The molecule has 0 aliphatic rings. The third-order valence-corrected chi connectivity index (χ3v) is 5.07. The molecule has 0 aliphatic carbocycles. The molecule has 2 N–H and O–H groups in total. The highest BCUT2D eigenvalue weighted by atomic mass is 32.2. The lowest BCUT2D eigenvalue weighted by Crippen LogP contribution is -2.39. The average molecular weight is 388 g/mol. The Hall–Kier alpha value is -1.25. The molecule has 6 nitrogen and oxygen atoms in total. The van der Waals surface area contributed by atoms with Gasteiger partial charge in [-0.2, -0.15) is 0 Å². The van der Waals surface area contributed by atoms with E-state index in [1.807, 2.05) is 25.1 Å². The molecule has 0 aromatic heterocycles. The Kier molecular flexibility index (Phi) is 10.6. The highest BCUT2D eigenvalue weighted by molar-refractivity contribution is 8.00. The number of hydrogen-bond acceptors (Lipinski definition) is 5. The van der Waals surface area contributed by atoms with Gasteiger partial charge in [-0.25, -0.2) is 8.42 Å². The van der Waals surface area contributed by atoms with Crippen molar-refractivity contribution in [1.29, 1.82) is 0 Å². The van der Waals surface area contributed by atoms with E-state index in [9.17, 15) is 8.42 Å². The number of ether oxygens (including phenoxy) is 1. The molecule has 0 saturated carbocycles. The Morgan fingerprint density at radius 2 is 1.96 bits per heavy atom. The minimum Gasteiger partial charge on any atom is -0.379 e. The van der Waals surface area contributed by atoms with Gasteiger partial charge in [0.25, 0.3) is 0 Å². The molecule has 1 aromatic carbocycles. The molecule has 8 heteroatoms. The summed E-state index contributed by atoms with van der Waals surface area (Å²) in [5, 5.41) is 6.75. The first-order valence-corrected chi connectivity index (χ1v) is 11.3. The van der Waals surface area contributed by atoms with Crippen molar-refractivity contribution in [3.8, 4) is 0 Å². The average Bonchev–Trinajstić information content (AvgIpc) is 2.55. The van der Waals surface area contributed by atoms with Crippen molar-refractivity contribution in [3.05, 3.63) is 30.3 Å². The van der Waals surface area contributed by atoms with Crippen molar-refractivity contribution in [1.82, 2.24) is 10.6 Å². The van der Waals surface area contributed by atoms with Gasteiger partial charge in [-0.05, 0) is 19.1 Å². The number of hydrogen-bond donors (Lipinski definition) is 2. The summed E-state index contributed by atoms with van der Waals surface area (Å²) in [6.07, 6.45) is 1.21. The van der Waals surface area contributed by atoms with Gasteiger partial charge in [0.2, 0.25) is 0 Å². The van der Waals surface area contributed by atoms with Crippen molar-refractivity contribution in [2.75, 3.05) is 44.9 Å². The summed E-state index contributed by atoms with van der Waals surface area (Å²) in [6.45, 7) is 6.88. The summed E-state index contributed by atoms with van der Waals surface area (Å²) in [6, 6.07) is 10.3. The fourth-order valence-corrected chi connectivity index (χ4v) is 3.23. The predicted octanol–water partition coefficient (Wildman–Crippen LogP) is 1.78. The summed E-state index contributed by atoms with van der Waals surface area (Å²) < 4.78 is 27.3. The number of thioether (sulfide) groups is 1. The number of sulfone groups is 1. The monoisotopic (exact) mass is 387 g/mol. The lowest BCUT2D eigenvalue weighted by Gasteiger charge is -2.13. The quantitative estimate of drug-likeness (QED) is 0.261. The first-order valence-electron chi connectivity index (χ1n) is 8.40. The molecule has 0 spiro atoms. The zero-order valence-corrected chi connectivity index (χ0v) is 16.8. The van der Waals surface area contributed by atoms with E-state index in [0.717, 1.165) is 12.5 Å². The molecule has 1 unspecified atom stereocenters. The van der Waals surface area contributed by atoms with Gasteiger partial charge in [-0.1, -0.05) is 25.1 Å². The van der Waals surface area contributed by atoms with Crippen LogP contribution in [0.2, 0.25) is 0 Å². The van der Waals surface area contributed by atoms with E-state index >= 15 is 0 Å². The van der Waals surface area contributed by atoms with E-state index in [-0.39, 0.29) is 12.4 Å². The second kappa shape index (κ2) is 12.2. The molecule has 1 rings (SSSR count). The number of aliphatic imine (C=N–C) groups is 1. The largest absolute Gasteiger partial charge is 0.379 e. The fraction of sp³-hybridized carbons (Fsp3) is 0.588. The zero-order valence-electron chi connectivity index (χ0n) is 15.2. The van der Waals surface area contributed by atoms with Crippen LogP contribution in [-0.4, -0.2) is 64.5 Å². The molecule has 0 aliphatic heterocycles. The van der Waals surface area contributed by atoms with Crippen LogP contribution in [0.25, 0.3) is 0 Å². The van der Waals surface area contributed by atoms with E-state index in [2.05, 4.69) is 34.7 Å². The maximum absolute atomic E-state index is 11.0. The van der Waals surface area contributed by atoms with E-state index < -0.39 is 9.84 Å². The van der Waals surface area contributed by atoms with Crippen LogP contribution in [0.3, 0.4) is 0 Å². The van der Waals surface area contributed by atoms with Crippen LogP contribution in [-0.2, 0) is 14.6 Å². The van der Waals surface area contributed by atoms with Gasteiger partial charge >= 0.3 is 0 Å². The van der Waals surface area contributed by atoms with Crippen molar-refractivity contribution < 1.29 is 13.2 Å². The summed E-state index contributed by atoms with van der Waals surface area (Å²) >= 11 is 1.80. The maximum Gasteiger partial charge on any atom is 0.191 e. The van der Waals surface area contributed by atoms with E-state index in [1.165, 1.54) is 11.2 Å². The Labute approximate surface area is 155 Å². The highest BCUT2D eigenvalue weighted by Gasteiger charge is 2.05. The molecule has 0 radical (unpaired) electrons. The zero-order chi connectivity index (χ0) is 18.5. The molecule has 0 saturated heterocycles. The molecular formula is C17H29N3O3S2. The van der Waals surface area contributed by atoms with Crippen molar-refractivity contribution in [3.63, 3.8) is 0 Å². The van der Waals surface area contributed by atoms with Crippen LogP contribution in [0.4, 0.5) is 0 Å². The Balaban J connectivity index is 2.30. The summed E-state index contributed by atoms with van der Waals surface area (Å²) in [7, 11) is -2.96. The van der Waals surface area contributed by atoms with Gasteiger partial charge < -0.3 is 15.4 Å². The second-order valence-corrected chi connectivity index (χ2v) is 9.40. The molecule has 142 valence electrons. The van der Waals surface area contributed by atoms with Crippen molar-refractivity contribution in [2.45, 2.75) is 24.0 Å². The van der Waals surface area contributed by atoms with Crippen LogP contribution in [0.15, 0.2) is 40.2 Å². The molecule has 25 heavy (non-hydrogen) atoms. The lowest BCUT2D eigenvalue weighted by atomic mass is 10.4. The third-order valence-electron chi connectivity index (χ3n) is 3.07. The molecule has 1 aromatic rings. The van der Waals surface area contributed by atoms with Gasteiger partial charge in [-0.15, -0.1) is 11.8 Å². The molecule has 0 heterocycles. The molecule has 0 bridgehead atoms. The summed E-state index contributed by atoms with van der Waals surface area (Å²) in [5.41, 5.74) is 0. The van der Waals surface area contributed by atoms with Gasteiger partial charge in [0.1, 0.15) is 9.84 Å². The van der Waals surface area contributed by atoms with Crippen LogP contribution >= 0.6 is 11.8 Å². The van der Waals surface area contributed by atoms with Gasteiger partial charge in [-0.3, -0.25) is 4.99 Å². The van der Waals surface area contributed by atoms with E-state index in [0.29, 0.717) is 24.9 Å². The summed E-state index contributed by atoms with van der Waals surface area (Å²) in [4.78, 5) is 5.83. The Morgan fingerprint density at radius 1 is 1.24 bits per heavy atom. The first-order chi connectivity index (χ1) is 11.9. The fourth-order valence-electron chi connectivity index (χ4n) is 1.88. The van der Waals surface area contributed by atoms with Crippen molar-refractivity contribution in [2.24, 2.45) is 4.99 Å². The Morgan fingerprint density at radius 3 is 2.60 bits per heavy atom. The van der Waals surface area contributed by atoms with Crippen LogP contribution in [0.5, 0.6) is 0 Å². The van der Waals surface area contributed by atoms with E-state index in [4.69, 9.17) is 4.74 Å². The van der Waals surface area contributed by atoms with Crippen LogP contribution in [0.1, 0.15) is 13.8 Å². The van der Waals surface area contributed by atoms with Crippen LogP contribution in [0, 0.1) is 0 Å². The lowest BCUT2D eigenvalue weighted by molar-refractivity contribution is 0.154. The van der Waals surface area contributed by atoms with Crippen LogP contribution < -0.4 is 10.6 Å². The maximum atomic E-state index is 11.0. The first kappa shape index (κ1) is 21.8. The van der Waals surface area contributed by atoms with Gasteiger partial charge in [0.15, 0.2) is 5.96 Å². The normalized spacial score (nSPS) is 13.5.